The number of aromatic amines is 1. The van der Waals surface area contributed by atoms with E-state index in [1.807, 2.05) is 6.07 Å². The van der Waals surface area contributed by atoms with E-state index < -0.39 is 0 Å². The lowest BCUT2D eigenvalue weighted by molar-refractivity contribution is 0.332. The Morgan fingerprint density at radius 2 is 2.29 bits per heavy atom. The number of hydrogen-bond donors (Lipinski definition) is 2. The molecule has 0 saturated heterocycles. The first-order valence-electron chi connectivity index (χ1n) is 5.89. The van der Waals surface area contributed by atoms with E-state index in [0.717, 1.165) is 19.5 Å². The number of aliphatic imine (C=N–C) groups is 1. The number of benzene rings is 1. The standard InChI is InChI=1S/C13H15N3O/c1-2-4-12-11(3-1)10(9-16-12)5-6-14-13-15-7-8-17-13/h1-4,9,16H,5-8H2,(H,14,15). The van der Waals surface area contributed by atoms with Crippen LogP contribution >= 0.6 is 0 Å². The van der Waals surface area contributed by atoms with Crippen molar-refractivity contribution in [2.45, 2.75) is 6.42 Å². The molecule has 0 unspecified atom stereocenters. The molecule has 1 aliphatic rings. The summed E-state index contributed by atoms with van der Waals surface area (Å²) in [5.74, 6) is 0. The van der Waals surface area contributed by atoms with Crippen LogP contribution in [0.4, 0.5) is 0 Å². The Kier molecular flexibility index (Phi) is 2.69. The predicted octanol–water partition coefficient (Wildman–Crippen LogP) is 1.69. The largest absolute Gasteiger partial charge is 0.463 e. The Balaban J connectivity index is 1.64. The summed E-state index contributed by atoms with van der Waals surface area (Å²) >= 11 is 0. The highest BCUT2D eigenvalue weighted by Gasteiger charge is 2.07. The van der Waals surface area contributed by atoms with Gasteiger partial charge in [0.15, 0.2) is 0 Å². The monoisotopic (exact) mass is 229 g/mol. The molecule has 2 heterocycles. The minimum Gasteiger partial charge on any atom is -0.463 e. The lowest BCUT2D eigenvalue weighted by Gasteiger charge is -2.04. The molecule has 2 N–H and O–H groups in total. The average Bonchev–Trinajstić information content (AvgIpc) is 2.99. The molecule has 1 aliphatic heterocycles. The van der Waals surface area contributed by atoms with E-state index in [9.17, 15) is 0 Å². The van der Waals surface area contributed by atoms with E-state index in [2.05, 4.69) is 39.7 Å². The molecule has 4 heteroatoms. The highest BCUT2D eigenvalue weighted by Crippen LogP contribution is 2.17. The van der Waals surface area contributed by atoms with Crippen molar-refractivity contribution in [1.82, 2.24) is 10.3 Å². The molecule has 2 aromatic rings. The van der Waals surface area contributed by atoms with Gasteiger partial charge in [0.1, 0.15) is 6.61 Å². The molecule has 4 nitrogen and oxygen atoms in total. The Morgan fingerprint density at radius 3 is 3.18 bits per heavy atom. The second kappa shape index (κ2) is 4.49. The number of fused-ring (bicyclic) bond motifs is 1. The van der Waals surface area contributed by atoms with Gasteiger partial charge in [-0.1, -0.05) is 18.2 Å². The first kappa shape index (κ1) is 10.2. The molecule has 88 valence electrons. The summed E-state index contributed by atoms with van der Waals surface area (Å²) in [7, 11) is 0. The van der Waals surface area contributed by atoms with Crippen LogP contribution in [-0.4, -0.2) is 30.7 Å². The van der Waals surface area contributed by atoms with Crippen LogP contribution < -0.4 is 5.32 Å². The van der Waals surface area contributed by atoms with E-state index in [1.165, 1.54) is 16.5 Å². The number of ether oxygens (including phenoxy) is 1. The Bertz CT molecular complexity index is 544. The van der Waals surface area contributed by atoms with Crippen LogP contribution in [0, 0.1) is 0 Å². The summed E-state index contributed by atoms with van der Waals surface area (Å²) < 4.78 is 5.29. The third-order valence-corrected chi connectivity index (χ3v) is 2.93. The number of hydrogen-bond acceptors (Lipinski definition) is 3. The number of aromatic nitrogens is 1. The van der Waals surface area contributed by atoms with Gasteiger partial charge < -0.3 is 15.0 Å². The Labute approximate surface area is 99.7 Å². The topological polar surface area (TPSA) is 49.4 Å². The lowest BCUT2D eigenvalue weighted by atomic mass is 10.1. The fraction of sp³-hybridized carbons (Fsp3) is 0.308. The minimum atomic E-state index is 0.685. The van der Waals surface area contributed by atoms with Gasteiger partial charge in [0.25, 0.3) is 6.02 Å². The van der Waals surface area contributed by atoms with Crippen molar-refractivity contribution in [3.05, 3.63) is 36.0 Å². The molecule has 3 rings (SSSR count). The number of rotatable bonds is 3. The maximum Gasteiger partial charge on any atom is 0.284 e. The zero-order valence-electron chi connectivity index (χ0n) is 9.57. The normalized spacial score (nSPS) is 14.7. The van der Waals surface area contributed by atoms with Crippen LogP contribution in [0.25, 0.3) is 10.9 Å². The SMILES string of the molecule is c1ccc2c(CCNC3=NCCO3)c[nH]c2c1. The molecule has 1 aromatic carbocycles. The molecule has 0 fully saturated rings. The van der Waals surface area contributed by atoms with Crippen LogP contribution in [0.2, 0.25) is 0 Å². The Hall–Kier alpha value is -1.97. The second-order valence-electron chi connectivity index (χ2n) is 4.07. The fourth-order valence-electron chi connectivity index (χ4n) is 2.08. The van der Waals surface area contributed by atoms with E-state index in [4.69, 9.17) is 4.74 Å². The second-order valence-corrected chi connectivity index (χ2v) is 4.07. The fourth-order valence-corrected chi connectivity index (χ4v) is 2.08. The van der Waals surface area contributed by atoms with Crippen molar-refractivity contribution in [2.24, 2.45) is 4.99 Å². The van der Waals surface area contributed by atoms with Crippen molar-refractivity contribution in [1.29, 1.82) is 0 Å². The number of nitrogens with zero attached hydrogens (tertiary/aromatic N) is 1. The maximum absolute atomic E-state index is 5.29. The first-order valence-corrected chi connectivity index (χ1v) is 5.89. The number of nitrogens with one attached hydrogen (secondary N) is 2. The molecule has 0 radical (unpaired) electrons. The third-order valence-electron chi connectivity index (χ3n) is 2.93. The zero-order chi connectivity index (χ0) is 11.5. The number of H-pyrrole nitrogens is 1. The quantitative estimate of drug-likeness (QED) is 0.841. The number of para-hydroxylation sites is 1. The summed E-state index contributed by atoms with van der Waals surface area (Å²) in [5.41, 5.74) is 2.52. The van der Waals surface area contributed by atoms with Gasteiger partial charge in [-0.2, -0.15) is 0 Å². The summed E-state index contributed by atoms with van der Waals surface area (Å²) in [5, 5.41) is 4.49. The average molecular weight is 229 g/mol. The van der Waals surface area contributed by atoms with Gasteiger partial charge in [0.05, 0.1) is 6.54 Å². The van der Waals surface area contributed by atoms with Gasteiger partial charge >= 0.3 is 0 Å². The molecule has 0 spiro atoms. The van der Waals surface area contributed by atoms with E-state index in [0.29, 0.717) is 12.6 Å². The smallest absolute Gasteiger partial charge is 0.284 e. The van der Waals surface area contributed by atoms with Gasteiger partial charge in [0, 0.05) is 23.6 Å². The molecule has 17 heavy (non-hydrogen) atoms. The molecule has 0 aliphatic carbocycles. The third kappa shape index (κ3) is 2.11. The van der Waals surface area contributed by atoms with Crippen molar-refractivity contribution < 1.29 is 4.74 Å². The predicted molar refractivity (Wildman–Crippen MR) is 68.3 cm³/mol. The summed E-state index contributed by atoms with van der Waals surface area (Å²) in [6, 6.07) is 9.03. The molecule has 1 aromatic heterocycles. The van der Waals surface area contributed by atoms with E-state index in [1.54, 1.807) is 0 Å². The first-order chi connectivity index (χ1) is 8.43. The Morgan fingerprint density at radius 1 is 1.35 bits per heavy atom. The highest BCUT2D eigenvalue weighted by atomic mass is 16.5. The van der Waals surface area contributed by atoms with Crippen molar-refractivity contribution >= 4 is 16.9 Å². The van der Waals surface area contributed by atoms with Crippen LogP contribution in [-0.2, 0) is 11.2 Å². The van der Waals surface area contributed by atoms with E-state index >= 15 is 0 Å². The summed E-state index contributed by atoms with van der Waals surface area (Å²) in [6.45, 7) is 2.32. The molecular weight excluding hydrogens is 214 g/mol. The van der Waals surface area contributed by atoms with Crippen LogP contribution in [0.5, 0.6) is 0 Å². The molecule has 0 amide bonds. The summed E-state index contributed by atoms with van der Waals surface area (Å²) in [4.78, 5) is 7.47. The highest BCUT2D eigenvalue weighted by molar-refractivity contribution is 5.83. The molecular formula is C13H15N3O. The van der Waals surface area contributed by atoms with Crippen molar-refractivity contribution in [3.63, 3.8) is 0 Å². The van der Waals surface area contributed by atoms with Gasteiger partial charge in [0.2, 0.25) is 0 Å². The van der Waals surface area contributed by atoms with Gasteiger partial charge in [-0.05, 0) is 18.1 Å². The molecule has 0 atom stereocenters. The number of amidine groups is 1. The van der Waals surface area contributed by atoms with Crippen LogP contribution in [0.1, 0.15) is 5.56 Å². The van der Waals surface area contributed by atoms with Crippen LogP contribution in [0.15, 0.2) is 35.5 Å². The summed E-state index contributed by atoms with van der Waals surface area (Å²) in [6.07, 6.45) is 3.04. The van der Waals surface area contributed by atoms with Gasteiger partial charge in [-0.25, -0.2) is 4.99 Å². The van der Waals surface area contributed by atoms with E-state index in [-0.39, 0.29) is 0 Å². The molecule has 0 saturated carbocycles. The van der Waals surface area contributed by atoms with Gasteiger partial charge in [-0.3, -0.25) is 0 Å². The van der Waals surface area contributed by atoms with Crippen LogP contribution in [0.3, 0.4) is 0 Å². The van der Waals surface area contributed by atoms with Crippen molar-refractivity contribution in [2.75, 3.05) is 19.7 Å². The maximum atomic E-state index is 5.29. The minimum absolute atomic E-state index is 0.685. The van der Waals surface area contributed by atoms with Gasteiger partial charge in [-0.15, -0.1) is 0 Å². The molecule has 0 bridgehead atoms. The lowest BCUT2D eigenvalue weighted by Crippen LogP contribution is -2.25. The zero-order valence-corrected chi connectivity index (χ0v) is 9.57. The van der Waals surface area contributed by atoms with Crippen molar-refractivity contribution in [3.8, 4) is 0 Å².